The van der Waals surface area contributed by atoms with Gasteiger partial charge in [0.05, 0.1) is 12.7 Å². The minimum atomic E-state index is -0.678. The molecule has 0 radical (unpaired) electrons. The van der Waals surface area contributed by atoms with Crippen LogP contribution in [0.3, 0.4) is 0 Å². The first-order valence-electron chi connectivity index (χ1n) is 2.97. The zero-order valence-electron chi connectivity index (χ0n) is 5.89. The van der Waals surface area contributed by atoms with E-state index >= 15 is 0 Å². The molecule has 3 heteroatoms. The molecule has 9 heavy (non-hydrogen) atoms. The highest BCUT2D eigenvalue weighted by Gasteiger charge is 2.08. The van der Waals surface area contributed by atoms with Crippen LogP contribution in [0.4, 0.5) is 0 Å². The number of hydrogen-bond donors (Lipinski definition) is 1. The lowest BCUT2D eigenvalue weighted by molar-refractivity contribution is -0.136. The average molecular weight is 149 g/mol. The van der Waals surface area contributed by atoms with Gasteiger partial charge in [-0.05, 0) is 17.8 Å². The van der Waals surface area contributed by atoms with Crippen LogP contribution in [0, 0.1) is 0 Å². The van der Waals surface area contributed by atoms with Crippen molar-refractivity contribution in [2.24, 2.45) is 0 Å². The second-order valence-corrected chi connectivity index (χ2v) is 4.47. The van der Waals surface area contributed by atoms with Gasteiger partial charge in [0.1, 0.15) is 11.5 Å². The summed E-state index contributed by atoms with van der Waals surface area (Å²) in [6.45, 7) is 2.09. The third-order valence-electron chi connectivity index (χ3n) is 1.16. The molecule has 0 saturated carbocycles. The second kappa shape index (κ2) is 4.68. The second-order valence-electron chi connectivity index (χ2n) is 1.92. The predicted molar refractivity (Wildman–Crippen MR) is 40.9 cm³/mol. The topological polar surface area (TPSA) is 37.3 Å². The lowest BCUT2D eigenvalue weighted by atomic mass is 10.5. The summed E-state index contributed by atoms with van der Waals surface area (Å²) in [4.78, 5) is 10.0. The fourth-order valence-corrected chi connectivity index (χ4v) is 1.22. The Labute approximate surface area is 58.6 Å². The fraction of sp³-hybridized carbons (Fsp3) is 0.833. The van der Waals surface area contributed by atoms with E-state index in [1.54, 1.807) is 0 Å². The highest BCUT2D eigenvalue weighted by atomic mass is 32.2. The van der Waals surface area contributed by atoms with E-state index in [0.717, 1.165) is 11.5 Å². The van der Waals surface area contributed by atoms with Gasteiger partial charge in [0.25, 0.3) is 0 Å². The molecule has 0 fully saturated rings. The highest BCUT2D eigenvalue weighted by molar-refractivity contribution is 7.96. The first-order valence-corrected chi connectivity index (χ1v) is 4.95. The van der Waals surface area contributed by atoms with Gasteiger partial charge in [0.15, 0.2) is 0 Å². The molecule has 54 valence electrons. The molecule has 0 aliphatic rings. The van der Waals surface area contributed by atoms with Crippen molar-refractivity contribution in [3.8, 4) is 0 Å². The van der Waals surface area contributed by atoms with E-state index in [0.29, 0.717) is 17.3 Å². The van der Waals surface area contributed by atoms with E-state index in [-0.39, 0.29) is 0 Å². The molecule has 1 N–H and O–H groups in total. The van der Waals surface area contributed by atoms with Gasteiger partial charge in [0.2, 0.25) is 0 Å². The number of carboxylic acid groups (broad SMARTS) is 1. The Bertz CT molecular complexity index is 93.1. The lowest BCUT2D eigenvalue weighted by Gasteiger charge is -1.95. The van der Waals surface area contributed by atoms with Gasteiger partial charge >= 0.3 is 5.97 Å². The Hall–Kier alpha value is -0.180. The van der Waals surface area contributed by atoms with Gasteiger partial charge in [-0.1, -0.05) is 0 Å². The van der Waals surface area contributed by atoms with Gasteiger partial charge in [-0.15, -0.1) is 0 Å². The van der Waals surface area contributed by atoms with Gasteiger partial charge < -0.3 is 5.11 Å². The molecule has 0 bridgehead atoms. The van der Waals surface area contributed by atoms with Crippen molar-refractivity contribution in [3.63, 3.8) is 0 Å². The Kier molecular flexibility index (Phi) is 4.58. The number of carbonyl (C=O) groups is 1. The van der Waals surface area contributed by atoms with Gasteiger partial charge in [0, 0.05) is 0 Å². The molecule has 0 aromatic carbocycles. The molecule has 0 amide bonds. The molecule has 0 aromatic rings. The number of rotatable bonds is 4. The zero-order chi connectivity index (χ0) is 7.28. The normalized spacial score (nSPS) is 13.1. The van der Waals surface area contributed by atoms with Crippen molar-refractivity contribution in [1.82, 2.24) is 0 Å². The largest absolute Gasteiger partial charge is 0.481 e. The van der Waals surface area contributed by atoms with E-state index in [2.05, 4.69) is 13.2 Å². The Morgan fingerprint density at radius 2 is 2.22 bits per heavy atom. The third kappa shape index (κ3) is 5.69. The van der Waals surface area contributed by atoms with Crippen LogP contribution >= 0.6 is 0 Å². The first-order chi connectivity index (χ1) is 4.16. The highest BCUT2D eigenvalue weighted by Crippen LogP contribution is 1.93. The molecule has 0 rings (SSSR count). The van der Waals surface area contributed by atoms with Gasteiger partial charge in [-0.3, -0.25) is 4.79 Å². The summed E-state index contributed by atoms with van der Waals surface area (Å²) in [7, 11) is 0.322. The Morgan fingerprint density at radius 3 is 2.56 bits per heavy atom. The summed E-state index contributed by atoms with van der Waals surface area (Å²) in [5, 5.41) is 8.26. The van der Waals surface area contributed by atoms with Crippen molar-refractivity contribution in [1.29, 1.82) is 0 Å². The maximum absolute atomic E-state index is 10.0. The fourth-order valence-electron chi connectivity index (χ4n) is 0.406. The Balaban J connectivity index is 3.16. The van der Waals surface area contributed by atoms with Crippen LogP contribution in [0.5, 0.6) is 0 Å². The van der Waals surface area contributed by atoms with Crippen LogP contribution in [0.15, 0.2) is 0 Å². The summed E-state index contributed by atoms with van der Waals surface area (Å²) in [6, 6.07) is 0. The smallest absolute Gasteiger partial charge is 0.308 e. The summed E-state index contributed by atoms with van der Waals surface area (Å²) in [5.41, 5.74) is 0. The van der Waals surface area contributed by atoms with Crippen molar-refractivity contribution in [3.05, 3.63) is 0 Å². The molecular formula is C6H13O2S+. The monoisotopic (exact) mass is 149 g/mol. The molecule has 1 atom stereocenters. The maximum Gasteiger partial charge on any atom is 0.308 e. The zero-order valence-corrected chi connectivity index (χ0v) is 6.70. The molecule has 0 saturated heterocycles. The van der Waals surface area contributed by atoms with Crippen molar-refractivity contribution in [2.45, 2.75) is 13.3 Å². The molecule has 1 unspecified atom stereocenters. The summed E-state index contributed by atoms with van der Waals surface area (Å²) < 4.78 is 0. The van der Waals surface area contributed by atoms with E-state index in [1.165, 1.54) is 0 Å². The molecule has 0 aliphatic heterocycles. The number of hydrogen-bond acceptors (Lipinski definition) is 1. The average Bonchev–Trinajstić information content (AvgIpc) is 1.83. The standard InChI is InChI=1S/C6H12O2S/c1-3-9(2)5-4-6(7)8/h3-5H2,1-2H3/p+1. The van der Waals surface area contributed by atoms with Crippen molar-refractivity contribution in [2.75, 3.05) is 17.8 Å². The van der Waals surface area contributed by atoms with Crippen molar-refractivity contribution >= 4 is 16.9 Å². The van der Waals surface area contributed by atoms with Gasteiger partial charge in [-0.25, -0.2) is 0 Å². The van der Waals surface area contributed by atoms with Crippen LogP contribution in [0.1, 0.15) is 13.3 Å². The van der Waals surface area contributed by atoms with E-state index < -0.39 is 5.97 Å². The van der Waals surface area contributed by atoms with Crippen LogP contribution in [-0.2, 0) is 15.7 Å². The minimum absolute atomic E-state index is 0.322. The van der Waals surface area contributed by atoms with E-state index in [4.69, 9.17) is 5.11 Å². The minimum Gasteiger partial charge on any atom is -0.481 e. The summed E-state index contributed by atoms with van der Waals surface area (Å²) in [5.74, 6) is 1.27. The molecule has 0 heterocycles. The third-order valence-corrected chi connectivity index (χ3v) is 3.04. The van der Waals surface area contributed by atoms with Crippen LogP contribution in [0.25, 0.3) is 0 Å². The molecule has 0 aromatic heterocycles. The lowest BCUT2D eigenvalue weighted by Crippen LogP contribution is -2.11. The molecule has 0 aliphatic carbocycles. The van der Waals surface area contributed by atoms with Crippen LogP contribution in [-0.4, -0.2) is 28.8 Å². The summed E-state index contributed by atoms with van der Waals surface area (Å²) >= 11 is 0. The van der Waals surface area contributed by atoms with E-state index in [1.807, 2.05) is 0 Å². The molecular weight excluding hydrogens is 136 g/mol. The Morgan fingerprint density at radius 1 is 1.67 bits per heavy atom. The SMILES string of the molecule is CC[S+](C)CCC(=O)O. The number of carboxylic acids is 1. The first kappa shape index (κ1) is 8.82. The summed E-state index contributed by atoms with van der Waals surface area (Å²) in [6.07, 6.45) is 2.43. The molecule has 0 spiro atoms. The van der Waals surface area contributed by atoms with Gasteiger partial charge in [-0.2, -0.15) is 0 Å². The number of aliphatic carboxylic acids is 1. The molecule has 2 nitrogen and oxygen atoms in total. The quantitative estimate of drug-likeness (QED) is 0.598. The van der Waals surface area contributed by atoms with E-state index in [9.17, 15) is 4.79 Å². The predicted octanol–water partition coefficient (Wildman–Crippen LogP) is 0.729. The van der Waals surface area contributed by atoms with Crippen LogP contribution < -0.4 is 0 Å². The van der Waals surface area contributed by atoms with Crippen molar-refractivity contribution < 1.29 is 9.90 Å². The van der Waals surface area contributed by atoms with Crippen LogP contribution in [0.2, 0.25) is 0 Å². The maximum atomic E-state index is 10.0.